The van der Waals surface area contributed by atoms with Gasteiger partial charge in [-0.25, -0.2) is 0 Å². The van der Waals surface area contributed by atoms with Crippen LogP contribution in [-0.4, -0.2) is 0 Å². The van der Waals surface area contributed by atoms with Gasteiger partial charge in [0.25, 0.3) is 0 Å². The molecule has 0 N–H and O–H groups in total. The molecule has 3 aliphatic rings. The molecule has 19 heavy (non-hydrogen) atoms. The highest BCUT2D eigenvalue weighted by molar-refractivity contribution is 5.16. The van der Waals surface area contributed by atoms with E-state index in [2.05, 4.69) is 34.6 Å². The van der Waals surface area contributed by atoms with Crippen LogP contribution in [0.4, 0.5) is 0 Å². The van der Waals surface area contributed by atoms with Gasteiger partial charge in [-0.15, -0.1) is 0 Å². The molecule has 0 bridgehead atoms. The molecule has 0 aliphatic heterocycles. The average molecular weight is 262 g/mol. The molecule has 3 fully saturated rings. The van der Waals surface area contributed by atoms with Gasteiger partial charge in [0, 0.05) is 0 Å². The predicted molar refractivity (Wildman–Crippen MR) is 82.9 cm³/mol. The van der Waals surface area contributed by atoms with Crippen molar-refractivity contribution in [2.24, 2.45) is 46.8 Å². The van der Waals surface area contributed by atoms with Crippen LogP contribution in [0.25, 0.3) is 0 Å². The summed E-state index contributed by atoms with van der Waals surface area (Å²) < 4.78 is 0. The first-order valence-electron chi connectivity index (χ1n) is 8.98. The van der Waals surface area contributed by atoms with E-state index in [9.17, 15) is 0 Å². The molecule has 7 unspecified atom stereocenters. The van der Waals surface area contributed by atoms with Crippen molar-refractivity contribution in [3.63, 3.8) is 0 Å². The molecule has 0 radical (unpaired) electrons. The van der Waals surface area contributed by atoms with E-state index in [-0.39, 0.29) is 0 Å². The van der Waals surface area contributed by atoms with Crippen molar-refractivity contribution in [2.45, 2.75) is 73.1 Å². The monoisotopic (exact) mass is 262 g/mol. The van der Waals surface area contributed by atoms with Crippen LogP contribution in [0.3, 0.4) is 0 Å². The molecule has 0 saturated heterocycles. The molecule has 7 atom stereocenters. The van der Waals surface area contributed by atoms with Gasteiger partial charge in [0.2, 0.25) is 0 Å². The fourth-order valence-electron chi connectivity index (χ4n) is 5.80. The maximum absolute atomic E-state index is 2.63. The molecular weight excluding hydrogens is 228 g/mol. The van der Waals surface area contributed by atoms with E-state index in [4.69, 9.17) is 0 Å². The smallest absolute Gasteiger partial charge is 0.0292 e. The van der Waals surface area contributed by atoms with Gasteiger partial charge >= 0.3 is 0 Å². The first-order chi connectivity index (χ1) is 8.98. The third-order valence-corrected chi connectivity index (χ3v) is 7.36. The molecule has 0 aromatic rings. The van der Waals surface area contributed by atoms with Gasteiger partial charge in [0.05, 0.1) is 0 Å². The van der Waals surface area contributed by atoms with E-state index in [0.29, 0.717) is 0 Å². The highest BCUT2D eigenvalue weighted by Gasteiger charge is 2.67. The normalized spacial score (nSPS) is 48.6. The Balaban J connectivity index is 1.50. The molecule has 0 aromatic heterocycles. The van der Waals surface area contributed by atoms with Crippen molar-refractivity contribution in [1.82, 2.24) is 0 Å². The lowest BCUT2D eigenvalue weighted by atomic mass is 9.71. The minimum absolute atomic E-state index is 0.728. The molecule has 3 rings (SSSR count). The molecule has 110 valence electrons. The third-order valence-electron chi connectivity index (χ3n) is 7.36. The summed E-state index contributed by atoms with van der Waals surface area (Å²) in [6, 6.07) is 0. The second kappa shape index (κ2) is 4.78. The minimum Gasteiger partial charge on any atom is -0.0651 e. The van der Waals surface area contributed by atoms with E-state index in [1.807, 2.05) is 0 Å². The van der Waals surface area contributed by atoms with E-state index in [1.54, 1.807) is 12.8 Å². The van der Waals surface area contributed by atoms with Crippen molar-refractivity contribution in [3.05, 3.63) is 0 Å². The summed E-state index contributed by atoms with van der Waals surface area (Å²) in [6.45, 7) is 12.3. The topological polar surface area (TPSA) is 0 Å². The van der Waals surface area contributed by atoms with Crippen LogP contribution < -0.4 is 0 Å². The van der Waals surface area contributed by atoms with Crippen LogP contribution in [0.2, 0.25) is 0 Å². The standard InChI is InChI=1S/C19H34/c1-6-14(12(2)3)8-7-9-19(5)11-16-13(4)18(16)15-10-17(15)19/h12-18H,6-11H2,1-5H3. The maximum Gasteiger partial charge on any atom is -0.0292 e. The fraction of sp³-hybridized carbons (Fsp3) is 1.00. The number of rotatable bonds is 6. The van der Waals surface area contributed by atoms with E-state index in [1.165, 1.54) is 25.7 Å². The van der Waals surface area contributed by atoms with Gasteiger partial charge in [-0.05, 0) is 66.1 Å². The first-order valence-corrected chi connectivity index (χ1v) is 8.98. The fourth-order valence-corrected chi connectivity index (χ4v) is 5.80. The van der Waals surface area contributed by atoms with Crippen LogP contribution in [0.5, 0.6) is 0 Å². The summed E-state index contributed by atoms with van der Waals surface area (Å²) in [5.74, 6) is 7.50. The highest BCUT2D eigenvalue weighted by atomic mass is 14.7. The van der Waals surface area contributed by atoms with Crippen molar-refractivity contribution < 1.29 is 0 Å². The SMILES string of the molecule is CCC(CCCC1(C)CC2C(C)C2C2CC21)C(C)C. The number of fused-ring (bicyclic) bond motifs is 3. The van der Waals surface area contributed by atoms with Crippen molar-refractivity contribution in [1.29, 1.82) is 0 Å². The Hall–Kier alpha value is 0. The van der Waals surface area contributed by atoms with Crippen LogP contribution in [0.1, 0.15) is 73.1 Å². The third kappa shape index (κ3) is 2.38. The second-order valence-corrected chi connectivity index (χ2v) is 8.77. The van der Waals surface area contributed by atoms with Crippen molar-refractivity contribution in [2.75, 3.05) is 0 Å². The van der Waals surface area contributed by atoms with Crippen LogP contribution in [-0.2, 0) is 0 Å². The van der Waals surface area contributed by atoms with E-state index >= 15 is 0 Å². The Kier molecular flexibility index (Phi) is 3.51. The second-order valence-electron chi connectivity index (χ2n) is 8.77. The summed E-state index contributed by atoms with van der Waals surface area (Å²) in [5, 5.41) is 0. The van der Waals surface area contributed by atoms with Crippen molar-refractivity contribution in [3.8, 4) is 0 Å². The van der Waals surface area contributed by atoms with E-state index in [0.717, 1.165) is 46.8 Å². The van der Waals surface area contributed by atoms with Gasteiger partial charge < -0.3 is 0 Å². The zero-order valence-electron chi connectivity index (χ0n) is 13.8. The van der Waals surface area contributed by atoms with Gasteiger partial charge in [-0.3, -0.25) is 0 Å². The maximum atomic E-state index is 2.63. The van der Waals surface area contributed by atoms with E-state index < -0.39 is 0 Å². The van der Waals surface area contributed by atoms with Crippen LogP contribution in [0.15, 0.2) is 0 Å². The molecule has 0 nitrogen and oxygen atoms in total. The summed E-state index contributed by atoms with van der Waals surface area (Å²) in [7, 11) is 0. The number of hydrogen-bond acceptors (Lipinski definition) is 0. The lowest BCUT2D eigenvalue weighted by Gasteiger charge is -2.34. The average Bonchev–Trinajstić information content (AvgIpc) is 3.22. The summed E-state index contributed by atoms with van der Waals surface area (Å²) in [6.07, 6.45) is 9.02. The molecule has 0 aromatic carbocycles. The Labute approximate surface area is 120 Å². The van der Waals surface area contributed by atoms with Gasteiger partial charge in [-0.1, -0.05) is 53.9 Å². The number of hydrogen-bond donors (Lipinski definition) is 0. The summed E-state index contributed by atoms with van der Waals surface area (Å²) in [4.78, 5) is 0. The molecule has 0 heteroatoms. The van der Waals surface area contributed by atoms with Crippen LogP contribution >= 0.6 is 0 Å². The Morgan fingerprint density at radius 1 is 1.21 bits per heavy atom. The van der Waals surface area contributed by atoms with Gasteiger partial charge in [-0.2, -0.15) is 0 Å². The molecule has 3 saturated carbocycles. The largest absolute Gasteiger partial charge is 0.0651 e. The summed E-state index contributed by atoms with van der Waals surface area (Å²) in [5.41, 5.74) is 0.728. The van der Waals surface area contributed by atoms with Gasteiger partial charge in [0.15, 0.2) is 0 Å². The zero-order chi connectivity index (χ0) is 13.8. The molecule has 0 spiro atoms. The molecule has 0 amide bonds. The Morgan fingerprint density at radius 2 is 1.95 bits per heavy atom. The lowest BCUT2D eigenvalue weighted by molar-refractivity contribution is 0.157. The molecule has 3 aliphatic carbocycles. The summed E-state index contributed by atoms with van der Waals surface area (Å²) >= 11 is 0. The zero-order valence-corrected chi connectivity index (χ0v) is 13.8. The molecular formula is C19H34. The quantitative estimate of drug-likeness (QED) is 0.570. The molecule has 0 heterocycles. The predicted octanol–water partition coefficient (Wildman–Crippen LogP) is 5.77. The minimum atomic E-state index is 0.728. The van der Waals surface area contributed by atoms with Gasteiger partial charge in [0.1, 0.15) is 0 Å². The van der Waals surface area contributed by atoms with Crippen molar-refractivity contribution >= 4 is 0 Å². The Bertz CT molecular complexity index is 329. The lowest BCUT2D eigenvalue weighted by Crippen LogP contribution is -2.25. The van der Waals surface area contributed by atoms with Crippen LogP contribution in [0, 0.1) is 46.8 Å². The Morgan fingerprint density at radius 3 is 2.58 bits per heavy atom. The first kappa shape index (κ1) is 14.0. The highest BCUT2D eigenvalue weighted by Crippen LogP contribution is 2.74.